The van der Waals surface area contributed by atoms with E-state index in [1.165, 1.54) is 0 Å². The monoisotopic (exact) mass is 266 g/mol. The predicted octanol–water partition coefficient (Wildman–Crippen LogP) is 1.41. The number of hydrogen-bond acceptors (Lipinski definition) is 3. The van der Waals surface area contributed by atoms with Gasteiger partial charge in [-0.3, -0.25) is 0 Å². The van der Waals surface area contributed by atoms with Crippen molar-refractivity contribution in [3.05, 3.63) is 0 Å². The van der Waals surface area contributed by atoms with Gasteiger partial charge in [-0.15, -0.1) is 0 Å². The Bertz CT molecular complexity index is 313. The summed E-state index contributed by atoms with van der Waals surface area (Å²) in [5.41, 5.74) is 5.40. The average molecular weight is 266 g/mol. The van der Waals surface area contributed by atoms with Gasteiger partial charge in [0.2, 0.25) is 10.0 Å². The van der Waals surface area contributed by atoms with Crippen LogP contribution in [0.5, 0.6) is 0 Å². The van der Waals surface area contributed by atoms with Crippen LogP contribution in [0.15, 0.2) is 0 Å². The van der Waals surface area contributed by atoms with Gasteiger partial charge < -0.3 is 5.73 Å². The van der Waals surface area contributed by atoms with E-state index in [0.717, 1.165) is 12.8 Å². The molecule has 6 heteroatoms. The van der Waals surface area contributed by atoms with Crippen molar-refractivity contribution in [2.75, 3.05) is 6.54 Å². The van der Waals surface area contributed by atoms with Crippen LogP contribution in [0.2, 0.25) is 0 Å². The molecule has 0 aliphatic carbocycles. The fourth-order valence-electron chi connectivity index (χ4n) is 1.40. The van der Waals surface area contributed by atoms with Crippen LogP contribution in [0.1, 0.15) is 40.0 Å². The van der Waals surface area contributed by atoms with Crippen LogP contribution in [0.25, 0.3) is 0 Å². The minimum absolute atomic E-state index is 0.0406. The van der Waals surface area contributed by atoms with Crippen molar-refractivity contribution in [1.29, 1.82) is 0 Å². The van der Waals surface area contributed by atoms with Crippen LogP contribution < -0.4 is 10.5 Å². The molecular formula is C10H22N2O2S2. The molecule has 0 spiro atoms. The fraction of sp³-hybridized carbons (Fsp3) is 0.900. The molecule has 4 nitrogen and oxygen atoms in total. The van der Waals surface area contributed by atoms with E-state index >= 15 is 0 Å². The first kappa shape index (κ1) is 15.8. The maximum Gasteiger partial charge on any atom is 0.220 e. The van der Waals surface area contributed by atoms with E-state index in [4.69, 9.17) is 18.0 Å². The molecular weight excluding hydrogens is 244 g/mol. The molecule has 0 heterocycles. The average Bonchev–Trinajstić information content (AvgIpc) is 2.12. The Balaban J connectivity index is 4.19. The third-order valence-corrected chi connectivity index (χ3v) is 4.70. The second kappa shape index (κ2) is 7.19. The van der Waals surface area contributed by atoms with Crippen LogP contribution in [-0.4, -0.2) is 25.2 Å². The van der Waals surface area contributed by atoms with Crippen LogP contribution in [0, 0.1) is 5.92 Å². The lowest BCUT2D eigenvalue weighted by atomic mass is 10.1. The van der Waals surface area contributed by atoms with Crippen molar-refractivity contribution in [3.8, 4) is 0 Å². The highest BCUT2D eigenvalue weighted by Crippen LogP contribution is 2.06. The fourth-order valence-corrected chi connectivity index (χ4v) is 3.32. The van der Waals surface area contributed by atoms with Crippen molar-refractivity contribution >= 4 is 27.2 Å². The molecule has 0 aliphatic heterocycles. The molecule has 0 aromatic rings. The molecule has 96 valence electrons. The molecule has 0 bridgehead atoms. The summed E-state index contributed by atoms with van der Waals surface area (Å²) in [4.78, 5) is 0.0406. The van der Waals surface area contributed by atoms with Crippen LogP contribution in [-0.2, 0) is 10.0 Å². The third-order valence-electron chi connectivity index (χ3n) is 2.32. The number of thiocarbonyl (C=S) groups is 1. The van der Waals surface area contributed by atoms with Crippen molar-refractivity contribution in [2.45, 2.75) is 45.3 Å². The van der Waals surface area contributed by atoms with Gasteiger partial charge in [0.05, 0.1) is 4.99 Å². The predicted molar refractivity (Wildman–Crippen MR) is 71.9 cm³/mol. The van der Waals surface area contributed by atoms with E-state index in [-0.39, 0.29) is 4.99 Å². The van der Waals surface area contributed by atoms with Crippen molar-refractivity contribution in [3.63, 3.8) is 0 Å². The first-order valence-electron chi connectivity index (χ1n) is 5.59. The number of rotatable bonds is 8. The smallest absolute Gasteiger partial charge is 0.220 e. The number of nitrogens with two attached hydrogens (primary N) is 1. The molecule has 0 aliphatic rings. The van der Waals surface area contributed by atoms with Crippen LogP contribution in [0.4, 0.5) is 0 Å². The van der Waals surface area contributed by atoms with Crippen molar-refractivity contribution in [2.24, 2.45) is 11.7 Å². The lowest BCUT2D eigenvalue weighted by Gasteiger charge is -2.15. The normalized spacial score (nSPS) is 14.0. The highest BCUT2D eigenvalue weighted by Gasteiger charge is 2.25. The highest BCUT2D eigenvalue weighted by atomic mass is 32.2. The number of nitrogens with one attached hydrogen (secondary N) is 1. The summed E-state index contributed by atoms with van der Waals surface area (Å²) in [6.45, 7) is 6.44. The Hall–Kier alpha value is -0.200. The maximum atomic E-state index is 11.8. The molecule has 0 saturated heterocycles. The topological polar surface area (TPSA) is 72.2 Å². The first-order valence-corrected chi connectivity index (χ1v) is 7.54. The highest BCUT2D eigenvalue weighted by molar-refractivity contribution is 7.93. The van der Waals surface area contributed by atoms with E-state index in [0.29, 0.717) is 18.9 Å². The number of hydrogen-bond donors (Lipinski definition) is 2. The molecule has 1 unspecified atom stereocenters. The lowest BCUT2D eigenvalue weighted by molar-refractivity contribution is 0.537. The molecule has 0 aromatic heterocycles. The Labute approximate surface area is 104 Å². The second-order valence-electron chi connectivity index (χ2n) is 4.27. The van der Waals surface area contributed by atoms with E-state index in [2.05, 4.69) is 18.6 Å². The molecule has 0 radical (unpaired) electrons. The van der Waals surface area contributed by atoms with Gasteiger partial charge in [0.25, 0.3) is 0 Å². The Kier molecular flexibility index (Phi) is 7.10. The van der Waals surface area contributed by atoms with E-state index < -0.39 is 15.3 Å². The van der Waals surface area contributed by atoms with Gasteiger partial charge in [-0.2, -0.15) is 0 Å². The largest absolute Gasteiger partial charge is 0.392 e. The zero-order chi connectivity index (χ0) is 12.8. The molecule has 16 heavy (non-hydrogen) atoms. The maximum absolute atomic E-state index is 11.8. The molecule has 0 amide bonds. The van der Waals surface area contributed by atoms with Crippen molar-refractivity contribution < 1.29 is 8.42 Å². The van der Waals surface area contributed by atoms with E-state index in [1.807, 2.05) is 0 Å². The van der Waals surface area contributed by atoms with Gasteiger partial charge >= 0.3 is 0 Å². The van der Waals surface area contributed by atoms with Gasteiger partial charge in [0.1, 0.15) is 5.25 Å². The van der Waals surface area contributed by atoms with E-state index in [1.54, 1.807) is 6.92 Å². The van der Waals surface area contributed by atoms with Crippen molar-refractivity contribution in [1.82, 2.24) is 4.72 Å². The summed E-state index contributed by atoms with van der Waals surface area (Å²) in [6, 6.07) is 0. The SMILES string of the molecule is CCC(C(N)=S)S(=O)(=O)NCCCC(C)C. The van der Waals surface area contributed by atoms with E-state index in [9.17, 15) is 8.42 Å². The Morgan fingerprint density at radius 2 is 2.00 bits per heavy atom. The Morgan fingerprint density at radius 1 is 1.44 bits per heavy atom. The number of sulfonamides is 1. The van der Waals surface area contributed by atoms with Gasteiger partial charge in [-0.05, 0) is 25.2 Å². The zero-order valence-electron chi connectivity index (χ0n) is 10.2. The third kappa shape index (κ3) is 5.77. The quantitative estimate of drug-likeness (QED) is 0.514. The molecule has 0 saturated carbocycles. The van der Waals surface area contributed by atoms with Gasteiger partial charge in [0, 0.05) is 6.54 Å². The van der Waals surface area contributed by atoms with Gasteiger partial charge in [-0.25, -0.2) is 13.1 Å². The first-order chi connectivity index (χ1) is 7.31. The molecule has 0 aromatic carbocycles. The molecule has 0 rings (SSSR count). The van der Waals surface area contributed by atoms with Crippen LogP contribution in [0.3, 0.4) is 0 Å². The lowest BCUT2D eigenvalue weighted by Crippen LogP contribution is -2.41. The summed E-state index contributed by atoms with van der Waals surface area (Å²) in [7, 11) is -3.39. The summed E-state index contributed by atoms with van der Waals surface area (Å²) in [5, 5.41) is -0.749. The molecule has 1 atom stereocenters. The standard InChI is InChI=1S/C10H22N2O2S2/c1-4-9(10(11)15)16(13,14)12-7-5-6-8(2)3/h8-9,12H,4-7H2,1-3H3,(H2,11,15). The summed E-state index contributed by atoms with van der Waals surface area (Å²) < 4.78 is 26.1. The second-order valence-corrected chi connectivity index (χ2v) is 6.69. The summed E-state index contributed by atoms with van der Waals surface area (Å²) >= 11 is 4.74. The molecule has 3 N–H and O–H groups in total. The molecule has 0 fully saturated rings. The summed E-state index contributed by atoms with van der Waals surface area (Å²) in [6.07, 6.45) is 2.26. The van der Waals surface area contributed by atoms with Gasteiger partial charge in [-0.1, -0.05) is 33.0 Å². The summed E-state index contributed by atoms with van der Waals surface area (Å²) in [5.74, 6) is 0.585. The van der Waals surface area contributed by atoms with Crippen LogP contribution >= 0.6 is 12.2 Å². The Morgan fingerprint density at radius 3 is 2.38 bits per heavy atom. The minimum atomic E-state index is -3.39. The van der Waals surface area contributed by atoms with Gasteiger partial charge in [0.15, 0.2) is 0 Å². The minimum Gasteiger partial charge on any atom is -0.392 e. The zero-order valence-corrected chi connectivity index (χ0v) is 11.8.